The van der Waals surface area contributed by atoms with Crippen LogP contribution in [0.5, 0.6) is 0 Å². The summed E-state index contributed by atoms with van der Waals surface area (Å²) in [6, 6.07) is 9.13. The molecule has 1 N–H and O–H groups in total. The van der Waals surface area contributed by atoms with Crippen molar-refractivity contribution in [2.45, 2.75) is 12.5 Å². The van der Waals surface area contributed by atoms with Gasteiger partial charge >= 0.3 is 0 Å². The molecule has 1 heterocycles. The average Bonchev–Trinajstić information content (AvgIpc) is 1.90. The summed E-state index contributed by atoms with van der Waals surface area (Å²) in [5.74, 6) is 0. The van der Waals surface area contributed by atoms with Crippen molar-refractivity contribution in [2.24, 2.45) is 0 Å². The maximum absolute atomic E-state index is 3.41. The quantitative estimate of drug-likeness (QED) is 0.753. The van der Waals surface area contributed by atoms with Crippen molar-refractivity contribution in [1.82, 2.24) is 5.32 Å². The van der Waals surface area contributed by atoms with Crippen LogP contribution in [0.25, 0.3) is 0 Å². The van der Waals surface area contributed by atoms with Gasteiger partial charge < -0.3 is 5.32 Å². The molecule has 1 aromatic carbocycles. The molecule has 1 nitrogen and oxygen atoms in total. The summed E-state index contributed by atoms with van der Waals surface area (Å²) in [5.41, 5.74) is 1.40. The minimum atomic E-state index is 0.614. The molecule has 0 aromatic heterocycles. The summed E-state index contributed by atoms with van der Waals surface area (Å²) >= 11 is 3.41. The van der Waals surface area contributed by atoms with Gasteiger partial charge in [-0.15, -0.1) is 0 Å². The molecule has 0 unspecified atom stereocenters. The molecule has 1 aliphatic rings. The lowest BCUT2D eigenvalue weighted by Gasteiger charge is -2.27. The van der Waals surface area contributed by atoms with Crippen molar-refractivity contribution in [3.63, 3.8) is 0 Å². The number of hydrogen-bond acceptors (Lipinski definition) is 1. The van der Waals surface area contributed by atoms with Gasteiger partial charge in [0.05, 0.1) is 0 Å². The van der Waals surface area contributed by atoms with Gasteiger partial charge in [0.1, 0.15) is 0 Å². The lowest BCUT2D eigenvalue weighted by atomic mass is 9.98. The van der Waals surface area contributed by atoms with E-state index in [2.05, 4.69) is 45.5 Å². The first-order valence-electron chi connectivity index (χ1n) is 3.85. The zero-order chi connectivity index (χ0) is 7.68. The molecule has 0 spiro atoms. The van der Waals surface area contributed by atoms with Crippen LogP contribution in [0.2, 0.25) is 0 Å². The molecule has 0 bridgehead atoms. The Kier molecular flexibility index (Phi) is 1.96. The van der Waals surface area contributed by atoms with Gasteiger partial charge in [-0.3, -0.25) is 0 Å². The normalized spacial score (nSPS) is 22.8. The molecule has 0 radical (unpaired) electrons. The fourth-order valence-electron chi connectivity index (χ4n) is 1.27. The SMILES string of the molecule is Brc1ccc([C@@H]2CCN2)cc1. The Morgan fingerprint density at radius 3 is 2.36 bits per heavy atom. The van der Waals surface area contributed by atoms with Crippen LogP contribution in [0.3, 0.4) is 0 Å². The van der Waals surface area contributed by atoms with Crippen molar-refractivity contribution >= 4 is 15.9 Å². The molecule has 11 heavy (non-hydrogen) atoms. The third-order valence-corrected chi connectivity index (χ3v) is 2.62. The van der Waals surface area contributed by atoms with Crippen LogP contribution in [0.1, 0.15) is 18.0 Å². The maximum Gasteiger partial charge on any atom is 0.0332 e. The second kappa shape index (κ2) is 2.95. The predicted octanol–water partition coefficient (Wildman–Crippen LogP) is 2.48. The molecule has 1 fully saturated rings. The highest BCUT2D eigenvalue weighted by atomic mass is 79.9. The zero-order valence-corrected chi connectivity index (χ0v) is 7.76. The Morgan fingerprint density at radius 2 is 1.91 bits per heavy atom. The van der Waals surface area contributed by atoms with Gasteiger partial charge in [-0.2, -0.15) is 0 Å². The molecule has 2 rings (SSSR count). The Labute approximate surface area is 74.9 Å². The van der Waals surface area contributed by atoms with E-state index < -0.39 is 0 Å². The first-order valence-corrected chi connectivity index (χ1v) is 4.64. The van der Waals surface area contributed by atoms with E-state index in [9.17, 15) is 0 Å². The van der Waals surface area contributed by atoms with Gasteiger partial charge in [0.15, 0.2) is 0 Å². The first kappa shape index (κ1) is 7.32. The predicted molar refractivity (Wildman–Crippen MR) is 49.5 cm³/mol. The smallest absolute Gasteiger partial charge is 0.0332 e. The van der Waals surface area contributed by atoms with E-state index >= 15 is 0 Å². The third-order valence-electron chi connectivity index (χ3n) is 2.10. The number of halogens is 1. The summed E-state index contributed by atoms with van der Waals surface area (Å²) in [6.07, 6.45) is 1.28. The second-order valence-corrected chi connectivity index (χ2v) is 3.76. The standard InChI is InChI=1S/C9H10BrN/c10-8-3-1-7(2-4-8)9-5-6-11-9/h1-4,9,11H,5-6H2/t9-/m0/s1. The van der Waals surface area contributed by atoms with Crippen molar-refractivity contribution in [2.75, 3.05) is 6.54 Å². The monoisotopic (exact) mass is 211 g/mol. The summed E-state index contributed by atoms with van der Waals surface area (Å²) in [5, 5.41) is 3.37. The summed E-state index contributed by atoms with van der Waals surface area (Å²) in [4.78, 5) is 0. The molecular formula is C9H10BrN. The van der Waals surface area contributed by atoms with Crippen LogP contribution >= 0.6 is 15.9 Å². The highest BCUT2D eigenvalue weighted by Crippen LogP contribution is 2.23. The Hall–Kier alpha value is -0.340. The van der Waals surface area contributed by atoms with E-state index in [0.717, 1.165) is 4.47 Å². The zero-order valence-electron chi connectivity index (χ0n) is 6.18. The lowest BCUT2D eigenvalue weighted by Crippen LogP contribution is -2.34. The van der Waals surface area contributed by atoms with E-state index in [1.165, 1.54) is 18.5 Å². The molecule has 58 valence electrons. The van der Waals surface area contributed by atoms with Crippen LogP contribution in [-0.4, -0.2) is 6.54 Å². The highest BCUT2D eigenvalue weighted by Gasteiger charge is 2.17. The number of benzene rings is 1. The Balaban J connectivity index is 2.18. The van der Waals surface area contributed by atoms with Crippen molar-refractivity contribution in [3.8, 4) is 0 Å². The van der Waals surface area contributed by atoms with E-state index in [-0.39, 0.29) is 0 Å². The van der Waals surface area contributed by atoms with E-state index in [4.69, 9.17) is 0 Å². The molecule has 0 aliphatic carbocycles. The largest absolute Gasteiger partial charge is 0.310 e. The van der Waals surface area contributed by atoms with Crippen molar-refractivity contribution in [3.05, 3.63) is 34.3 Å². The van der Waals surface area contributed by atoms with Crippen LogP contribution in [0, 0.1) is 0 Å². The van der Waals surface area contributed by atoms with Gasteiger partial charge in [0.2, 0.25) is 0 Å². The molecule has 1 aliphatic heterocycles. The fraction of sp³-hybridized carbons (Fsp3) is 0.333. The Morgan fingerprint density at radius 1 is 1.27 bits per heavy atom. The van der Waals surface area contributed by atoms with Crippen molar-refractivity contribution < 1.29 is 0 Å². The Bertz CT molecular complexity index is 238. The van der Waals surface area contributed by atoms with Gasteiger partial charge in [-0.25, -0.2) is 0 Å². The third kappa shape index (κ3) is 1.47. The van der Waals surface area contributed by atoms with Crippen LogP contribution < -0.4 is 5.32 Å². The van der Waals surface area contributed by atoms with Gasteiger partial charge in [0.25, 0.3) is 0 Å². The highest BCUT2D eigenvalue weighted by molar-refractivity contribution is 9.10. The molecule has 1 atom stereocenters. The molecular weight excluding hydrogens is 202 g/mol. The van der Waals surface area contributed by atoms with Gasteiger partial charge in [0, 0.05) is 10.5 Å². The molecule has 1 saturated heterocycles. The first-order chi connectivity index (χ1) is 5.36. The van der Waals surface area contributed by atoms with Gasteiger partial charge in [-0.1, -0.05) is 28.1 Å². The molecule has 1 aromatic rings. The van der Waals surface area contributed by atoms with Crippen LogP contribution in [-0.2, 0) is 0 Å². The number of nitrogens with one attached hydrogen (secondary N) is 1. The summed E-state index contributed by atoms with van der Waals surface area (Å²) in [6.45, 7) is 1.17. The topological polar surface area (TPSA) is 12.0 Å². The van der Waals surface area contributed by atoms with E-state index in [0.29, 0.717) is 6.04 Å². The number of rotatable bonds is 1. The van der Waals surface area contributed by atoms with Crippen LogP contribution in [0.4, 0.5) is 0 Å². The fourth-order valence-corrected chi connectivity index (χ4v) is 1.53. The van der Waals surface area contributed by atoms with Crippen LogP contribution in [0.15, 0.2) is 28.7 Å². The minimum Gasteiger partial charge on any atom is -0.310 e. The summed E-state index contributed by atoms with van der Waals surface area (Å²) < 4.78 is 1.15. The second-order valence-electron chi connectivity index (χ2n) is 2.85. The molecule has 0 amide bonds. The summed E-state index contributed by atoms with van der Waals surface area (Å²) in [7, 11) is 0. The van der Waals surface area contributed by atoms with E-state index in [1.54, 1.807) is 0 Å². The van der Waals surface area contributed by atoms with E-state index in [1.807, 2.05) is 0 Å². The number of hydrogen-bond donors (Lipinski definition) is 1. The lowest BCUT2D eigenvalue weighted by molar-refractivity contribution is 0.383. The minimum absolute atomic E-state index is 0.614. The maximum atomic E-state index is 3.41. The molecule has 0 saturated carbocycles. The van der Waals surface area contributed by atoms with Gasteiger partial charge in [-0.05, 0) is 30.7 Å². The molecule has 2 heteroatoms. The van der Waals surface area contributed by atoms with Crippen molar-refractivity contribution in [1.29, 1.82) is 0 Å². The average molecular weight is 212 g/mol.